The molecule has 2 aliphatic rings. The Morgan fingerprint density at radius 3 is 2.52 bits per heavy atom. The van der Waals surface area contributed by atoms with Crippen LogP contribution in [0.15, 0.2) is 24.3 Å². The number of piperidine rings is 1. The first-order chi connectivity index (χ1) is 11.1. The molecule has 0 bridgehead atoms. The molecule has 2 heterocycles. The summed E-state index contributed by atoms with van der Waals surface area (Å²) >= 11 is 0. The first kappa shape index (κ1) is 16.1. The zero-order valence-electron chi connectivity index (χ0n) is 14.0. The molecule has 1 spiro atoms. The van der Waals surface area contributed by atoms with Crippen molar-refractivity contribution in [2.45, 2.75) is 44.8 Å². The van der Waals surface area contributed by atoms with Gasteiger partial charge in [-0.1, -0.05) is 17.7 Å². The maximum atomic E-state index is 12.3. The molecule has 1 aromatic rings. The molecule has 1 aromatic carbocycles. The zero-order valence-corrected chi connectivity index (χ0v) is 14.0. The second-order valence-electron chi connectivity index (χ2n) is 6.74. The molecule has 1 unspecified atom stereocenters. The number of rotatable bonds is 4. The van der Waals surface area contributed by atoms with Crippen molar-refractivity contribution in [1.82, 2.24) is 10.2 Å². The highest BCUT2D eigenvalue weighted by Gasteiger charge is 2.41. The van der Waals surface area contributed by atoms with Gasteiger partial charge >= 0.3 is 6.03 Å². The van der Waals surface area contributed by atoms with Crippen LogP contribution in [0.5, 0.6) is 5.75 Å². The number of ether oxygens (including phenoxy) is 2. The normalized spacial score (nSPS) is 20.7. The summed E-state index contributed by atoms with van der Waals surface area (Å²) in [5, 5.41) is 3.02. The summed E-state index contributed by atoms with van der Waals surface area (Å²) in [6.07, 6.45) is 3.05. The van der Waals surface area contributed by atoms with Gasteiger partial charge in [0.05, 0.1) is 18.2 Å². The maximum absolute atomic E-state index is 12.3. The van der Waals surface area contributed by atoms with Gasteiger partial charge in [0, 0.05) is 13.1 Å². The van der Waals surface area contributed by atoms with E-state index in [4.69, 9.17) is 9.47 Å². The second-order valence-corrected chi connectivity index (χ2v) is 6.74. The summed E-state index contributed by atoms with van der Waals surface area (Å²) in [6, 6.07) is 7.91. The molecule has 2 saturated heterocycles. The average Bonchev–Trinajstić information content (AvgIpc) is 2.53. The number of nitrogens with zero attached hydrogens (tertiary/aromatic N) is 1. The molecule has 3 rings (SSSR count). The molecule has 0 saturated carbocycles. The highest BCUT2D eigenvalue weighted by molar-refractivity contribution is 5.74. The first-order valence-corrected chi connectivity index (χ1v) is 8.45. The monoisotopic (exact) mass is 318 g/mol. The lowest BCUT2D eigenvalue weighted by Crippen LogP contribution is -2.56. The van der Waals surface area contributed by atoms with E-state index < -0.39 is 0 Å². The Hall–Kier alpha value is -1.75. The molecular weight excluding hydrogens is 292 g/mol. The molecule has 2 amide bonds. The number of nitrogens with one attached hydrogen (secondary N) is 1. The number of amides is 2. The van der Waals surface area contributed by atoms with Gasteiger partial charge in [0.25, 0.3) is 0 Å². The van der Waals surface area contributed by atoms with Crippen LogP contribution in [0.3, 0.4) is 0 Å². The second kappa shape index (κ2) is 6.79. The van der Waals surface area contributed by atoms with E-state index in [0.29, 0.717) is 6.61 Å². The highest BCUT2D eigenvalue weighted by atomic mass is 16.5. The predicted molar refractivity (Wildman–Crippen MR) is 88.8 cm³/mol. The van der Waals surface area contributed by atoms with Crippen molar-refractivity contribution in [2.24, 2.45) is 0 Å². The Bertz CT molecular complexity index is 530. The van der Waals surface area contributed by atoms with Gasteiger partial charge in [-0.05, 0) is 45.2 Å². The van der Waals surface area contributed by atoms with Crippen LogP contribution in [-0.4, -0.2) is 48.9 Å². The van der Waals surface area contributed by atoms with E-state index in [1.807, 2.05) is 43.0 Å². The molecule has 2 aliphatic heterocycles. The summed E-state index contributed by atoms with van der Waals surface area (Å²) in [5.41, 5.74) is 1.29. The van der Waals surface area contributed by atoms with E-state index in [-0.39, 0.29) is 17.7 Å². The Balaban J connectivity index is 1.39. The number of likely N-dealkylation sites (tertiary alicyclic amines) is 1. The van der Waals surface area contributed by atoms with Crippen molar-refractivity contribution in [2.75, 3.05) is 26.3 Å². The van der Waals surface area contributed by atoms with Crippen LogP contribution in [0.1, 0.15) is 31.7 Å². The van der Waals surface area contributed by atoms with Crippen molar-refractivity contribution in [3.63, 3.8) is 0 Å². The number of urea groups is 1. The van der Waals surface area contributed by atoms with Crippen LogP contribution in [0.2, 0.25) is 0 Å². The van der Waals surface area contributed by atoms with Crippen LogP contribution < -0.4 is 10.1 Å². The molecule has 0 aromatic heterocycles. The minimum atomic E-state index is -0.0281. The molecule has 0 radical (unpaired) electrons. The first-order valence-electron chi connectivity index (χ1n) is 8.45. The lowest BCUT2D eigenvalue weighted by molar-refractivity contribution is -0.169. The number of benzene rings is 1. The topological polar surface area (TPSA) is 50.8 Å². The summed E-state index contributed by atoms with van der Waals surface area (Å²) in [4.78, 5) is 14.2. The van der Waals surface area contributed by atoms with Gasteiger partial charge < -0.3 is 19.7 Å². The fourth-order valence-corrected chi connectivity index (χ4v) is 3.10. The Morgan fingerprint density at radius 2 is 1.96 bits per heavy atom. The fourth-order valence-electron chi connectivity index (χ4n) is 3.10. The largest absolute Gasteiger partial charge is 0.491 e. The van der Waals surface area contributed by atoms with Gasteiger partial charge in [-0.3, -0.25) is 0 Å². The summed E-state index contributed by atoms with van der Waals surface area (Å²) < 4.78 is 11.4. The van der Waals surface area contributed by atoms with E-state index in [2.05, 4.69) is 5.32 Å². The minimum absolute atomic E-state index is 0.000760. The summed E-state index contributed by atoms with van der Waals surface area (Å²) in [5.74, 6) is 0.832. The van der Waals surface area contributed by atoms with Crippen LogP contribution in [0.4, 0.5) is 4.79 Å². The SMILES string of the molecule is Cc1ccc(OCC(C)NC(=O)N2CCC3(CCO3)CC2)cc1. The number of carbonyl (C=O) groups is 1. The number of carbonyl (C=O) groups excluding carboxylic acids is 1. The lowest BCUT2D eigenvalue weighted by Gasteiger charge is -2.47. The maximum Gasteiger partial charge on any atom is 0.317 e. The standard InChI is InChI=1S/C18H26N2O3/c1-14-3-5-16(6-4-14)22-13-15(2)19-17(21)20-10-7-18(8-11-20)9-12-23-18/h3-6,15H,7-13H2,1-2H3,(H,19,21). The highest BCUT2D eigenvalue weighted by Crippen LogP contribution is 2.36. The quantitative estimate of drug-likeness (QED) is 0.928. The molecule has 126 valence electrons. The van der Waals surface area contributed by atoms with Gasteiger partial charge in [0.15, 0.2) is 0 Å². The van der Waals surface area contributed by atoms with Gasteiger partial charge in [-0.2, -0.15) is 0 Å². The fraction of sp³-hybridized carbons (Fsp3) is 0.611. The van der Waals surface area contributed by atoms with Crippen molar-refractivity contribution >= 4 is 6.03 Å². The summed E-state index contributed by atoms with van der Waals surface area (Å²) in [7, 11) is 0. The molecule has 5 nitrogen and oxygen atoms in total. The van der Waals surface area contributed by atoms with E-state index in [9.17, 15) is 4.79 Å². The van der Waals surface area contributed by atoms with Gasteiger partial charge in [0.2, 0.25) is 0 Å². The van der Waals surface area contributed by atoms with Gasteiger partial charge in [-0.25, -0.2) is 4.79 Å². The predicted octanol–water partition coefficient (Wildman–Crippen LogP) is 2.73. The van der Waals surface area contributed by atoms with Crippen molar-refractivity contribution < 1.29 is 14.3 Å². The third-order valence-electron chi connectivity index (χ3n) is 4.82. The Morgan fingerprint density at radius 1 is 1.30 bits per heavy atom. The van der Waals surface area contributed by atoms with E-state index in [1.165, 1.54) is 5.56 Å². The smallest absolute Gasteiger partial charge is 0.317 e. The molecule has 23 heavy (non-hydrogen) atoms. The molecule has 1 N–H and O–H groups in total. The molecule has 5 heteroatoms. The molecule has 0 aliphatic carbocycles. The zero-order chi connectivity index (χ0) is 16.3. The average molecular weight is 318 g/mol. The van der Waals surface area contributed by atoms with Gasteiger partial charge in [-0.15, -0.1) is 0 Å². The van der Waals surface area contributed by atoms with E-state index in [0.717, 1.165) is 44.7 Å². The van der Waals surface area contributed by atoms with E-state index in [1.54, 1.807) is 0 Å². The molecule has 2 fully saturated rings. The van der Waals surface area contributed by atoms with Crippen molar-refractivity contribution in [1.29, 1.82) is 0 Å². The van der Waals surface area contributed by atoms with Crippen LogP contribution in [-0.2, 0) is 4.74 Å². The minimum Gasteiger partial charge on any atom is -0.491 e. The lowest BCUT2D eigenvalue weighted by atomic mass is 9.84. The van der Waals surface area contributed by atoms with Crippen LogP contribution in [0.25, 0.3) is 0 Å². The van der Waals surface area contributed by atoms with Crippen LogP contribution in [0, 0.1) is 6.92 Å². The third kappa shape index (κ3) is 3.96. The number of hydrogen-bond donors (Lipinski definition) is 1. The molecular formula is C18H26N2O3. The number of hydrogen-bond acceptors (Lipinski definition) is 3. The van der Waals surface area contributed by atoms with Crippen LogP contribution >= 0.6 is 0 Å². The van der Waals surface area contributed by atoms with E-state index >= 15 is 0 Å². The number of aryl methyl sites for hydroxylation is 1. The third-order valence-corrected chi connectivity index (χ3v) is 4.82. The van der Waals surface area contributed by atoms with Crippen molar-refractivity contribution in [3.8, 4) is 5.75 Å². The van der Waals surface area contributed by atoms with Crippen molar-refractivity contribution in [3.05, 3.63) is 29.8 Å². The Kier molecular flexibility index (Phi) is 4.76. The summed E-state index contributed by atoms with van der Waals surface area (Å²) in [6.45, 7) is 6.90. The Labute approximate surface area is 137 Å². The molecule has 1 atom stereocenters. The van der Waals surface area contributed by atoms with Gasteiger partial charge in [0.1, 0.15) is 12.4 Å².